The van der Waals surface area contributed by atoms with Crippen LogP contribution >= 0.6 is 15.9 Å². The van der Waals surface area contributed by atoms with Gasteiger partial charge < -0.3 is 0 Å². The maximum atomic E-state index is 11.8. The van der Waals surface area contributed by atoms with Crippen LogP contribution in [0.15, 0.2) is 23.3 Å². The number of alkyl halides is 1. The van der Waals surface area contributed by atoms with Crippen LogP contribution in [0.25, 0.3) is 0 Å². The SMILES string of the molecule is CC(C)=C1C=CC2(C)C(=O)C1C2Br. The lowest BCUT2D eigenvalue weighted by atomic mass is 9.55. The molecule has 0 N–H and O–H groups in total. The first kappa shape index (κ1) is 9.20. The van der Waals surface area contributed by atoms with E-state index in [9.17, 15) is 4.79 Å². The summed E-state index contributed by atoms with van der Waals surface area (Å²) in [5.41, 5.74) is 2.22. The molecule has 0 saturated heterocycles. The van der Waals surface area contributed by atoms with Crippen molar-refractivity contribution in [1.82, 2.24) is 0 Å². The maximum Gasteiger partial charge on any atom is 0.152 e. The zero-order valence-electron chi connectivity index (χ0n) is 8.10. The van der Waals surface area contributed by atoms with Crippen LogP contribution in [0.5, 0.6) is 0 Å². The molecule has 0 aromatic carbocycles. The van der Waals surface area contributed by atoms with Gasteiger partial charge in [0.15, 0.2) is 5.78 Å². The Hall–Kier alpha value is -0.370. The summed E-state index contributed by atoms with van der Waals surface area (Å²) in [4.78, 5) is 12.1. The molecule has 0 aromatic heterocycles. The van der Waals surface area contributed by atoms with Gasteiger partial charge >= 0.3 is 0 Å². The quantitative estimate of drug-likeness (QED) is 0.596. The summed E-state index contributed by atoms with van der Waals surface area (Å²) in [7, 11) is 0. The molecule has 0 heterocycles. The van der Waals surface area contributed by atoms with Gasteiger partial charge in [0.25, 0.3) is 0 Å². The Morgan fingerprint density at radius 3 is 2.54 bits per heavy atom. The molecule has 2 bridgehead atoms. The number of hydrogen-bond acceptors (Lipinski definition) is 1. The topological polar surface area (TPSA) is 17.1 Å². The van der Waals surface area contributed by atoms with Crippen molar-refractivity contribution >= 4 is 21.7 Å². The number of hydrogen-bond donors (Lipinski definition) is 0. The Morgan fingerprint density at radius 2 is 2.15 bits per heavy atom. The molecule has 0 aromatic rings. The number of fused-ring (bicyclic) bond motifs is 1. The lowest BCUT2D eigenvalue weighted by Gasteiger charge is -2.51. The molecule has 70 valence electrons. The molecule has 3 atom stereocenters. The van der Waals surface area contributed by atoms with Gasteiger partial charge in [0.2, 0.25) is 0 Å². The Labute approximate surface area is 87.0 Å². The van der Waals surface area contributed by atoms with Gasteiger partial charge in [-0.3, -0.25) is 4.79 Å². The van der Waals surface area contributed by atoms with E-state index in [1.54, 1.807) is 0 Å². The van der Waals surface area contributed by atoms with E-state index >= 15 is 0 Å². The number of halogens is 1. The first-order valence-electron chi connectivity index (χ1n) is 4.53. The highest BCUT2D eigenvalue weighted by Crippen LogP contribution is 2.55. The lowest BCUT2D eigenvalue weighted by Crippen LogP contribution is -2.58. The lowest BCUT2D eigenvalue weighted by molar-refractivity contribution is -0.137. The van der Waals surface area contributed by atoms with E-state index in [0.717, 1.165) is 0 Å². The average Bonchev–Trinajstić information content (AvgIpc) is 2.09. The van der Waals surface area contributed by atoms with E-state index in [0.29, 0.717) is 10.6 Å². The highest BCUT2D eigenvalue weighted by atomic mass is 79.9. The number of carbonyl (C=O) groups excluding carboxylic acids is 1. The van der Waals surface area contributed by atoms with E-state index in [1.807, 2.05) is 13.0 Å². The van der Waals surface area contributed by atoms with Crippen LogP contribution in [-0.2, 0) is 4.79 Å². The third-order valence-corrected chi connectivity index (χ3v) is 4.68. The molecule has 2 heteroatoms. The van der Waals surface area contributed by atoms with Crippen molar-refractivity contribution in [3.8, 4) is 0 Å². The second-order valence-corrected chi connectivity index (χ2v) is 5.30. The molecule has 0 radical (unpaired) electrons. The first-order chi connectivity index (χ1) is 5.98. The number of carbonyl (C=O) groups is 1. The fraction of sp³-hybridized carbons (Fsp3) is 0.545. The van der Waals surface area contributed by atoms with Crippen molar-refractivity contribution in [2.24, 2.45) is 11.3 Å². The summed E-state index contributed by atoms with van der Waals surface area (Å²) in [5, 5.41) is 0. The van der Waals surface area contributed by atoms with Crippen molar-refractivity contribution in [3.05, 3.63) is 23.3 Å². The van der Waals surface area contributed by atoms with E-state index in [2.05, 4.69) is 35.9 Å². The molecule has 13 heavy (non-hydrogen) atoms. The second kappa shape index (κ2) is 2.57. The van der Waals surface area contributed by atoms with Crippen LogP contribution in [-0.4, -0.2) is 10.6 Å². The van der Waals surface area contributed by atoms with Gasteiger partial charge in [-0.1, -0.05) is 33.7 Å². The van der Waals surface area contributed by atoms with Crippen molar-refractivity contribution in [1.29, 1.82) is 0 Å². The molecule has 1 nitrogen and oxygen atoms in total. The zero-order valence-corrected chi connectivity index (χ0v) is 9.68. The van der Waals surface area contributed by atoms with Crippen LogP contribution in [0.3, 0.4) is 0 Å². The molecule has 3 unspecified atom stereocenters. The Balaban J connectivity index is 2.51. The van der Waals surface area contributed by atoms with Crippen molar-refractivity contribution in [3.63, 3.8) is 0 Å². The van der Waals surface area contributed by atoms with Crippen LogP contribution < -0.4 is 0 Å². The fourth-order valence-electron chi connectivity index (χ4n) is 2.17. The molecule has 0 amide bonds. The molecule has 3 aliphatic carbocycles. The first-order valence-corrected chi connectivity index (χ1v) is 5.45. The van der Waals surface area contributed by atoms with Crippen LogP contribution in [0.1, 0.15) is 20.8 Å². The minimum Gasteiger partial charge on any atom is -0.298 e. The van der Waals surface area contributed by atoms with E-state index in [1.165, 1.54) is 11.1 Å². The van der Waals surface area contributed by atoms with Crippen molar-refractivity contribution in [2.75, 3.05) is 0 Å². The van der Waals surface area contributed by atoms with E-state index in [-0.39, 0.29) is 11.3 Å². The van der Waals surface area contributed by atoms with Gasteiger partial charge in [0.1, 0.15) is 0 Å². The minimum atomic E-state index is -0.233. The Bertz CT molecular complexity index is 336. The van der Waals surface area contributed by atoms with Crippen molar-refractivity contribution < 1.29 is 4.79 Å². The fourth-order valence-corrected chi connectivity index (χ4v) is 3.07. The van der Waals surface area contributed by atoms with Gasteiger partial charge in [-0.15, -0.1) is 0 Å². The molecule has 1 fully saturated rings. The molecular formula is C11H13BrO. The summed E-state index contributed by atoms with van der Waals surface area (Å²) in [6.07, 6.45) is 4.15. The zero-order chi connectivity index (χ0) is 9.80. The summed E-state index contributed by atoms with van der Waals surface area (Å²) in [6, 6.07) is 0. The summed E-state index contributed by atoms with van der Waals surface area (Å²) in [5.74, 6) is 0.480. The van der Waals surface area contributed by atoms with Gasteiger partial charge in [-0.2, -0.15) is 0 Å². The molecule has 0 spiro atoms. The van der Waals surface area contributed by atoms with Gasteiger partial charge in [-0.05, 0) is 26.3 Å². The number of rotatable bonds is 0. The molecule has 3 rings (SSSR count). The highest BCUT2D eigenvalue weighted by Gasteiger charge is 2.59. The molecule has 3 aliphatic rings. The summed E-state index contributed by atoms with van der Waals surface area (Å²) >= 11 is 3.60. The third kappa shape index (κ3) is 0.954. The normalized spacial score (nSPS) is 41.8. The highest BCUT2D eigenvalue weighted by molar-refractivity contribution is 9.09. The Kier molecular flexibility index (Phi) is 1.82. The Morgan fingerprint density at radius 1 is 1.54 bits per heavy atom. The smallest absolute Gasteiger partial charge is 0.152 e. The van der Waals surface area contributed by atoms with Crippen LogP contribution in [0.2, 0.25) is 0 Å². The van der Waals surface area contributed by atoms with E-state index in [4.69, 9.17) is 0 Å². The van der Waals surface area contributed by atoms with Gasteiger partial charge in [-0.25, -0.2) is 0 Å². The predicted molar refractivity (Wildman–Crippen MR) is 56.8 cm³/mol. The summed E-state index contributed by atoms with van der Waals surface area (Å²) in [6.45, 7) is 6.13. The van der Waals surface area contributed by atoms with Crippen molar-refractivity contribution in [2.45, 2.75) is 25.6 Å². The number of Topliss-reactive ketones (excluding diaryl/α,β-unsaturated/α-hetero) is 1. The molecule has 0 aliphatic heterocycles. The largest absolute Gasteiger partial charge is 0.298 e. The van der Waals surface area contributed by atoms with Gasteiger partial charge in [0.05, 0.1) is 11.3 Å². The second-order valence-electron chi connectivity index (χ2n) is 4.32. The van der Waals surface area contributed by atoms with E-state index < -0.39 is 0 Å². The molecule has 1 saturated carbocycles. The predicted octanol–water partition coefficient (Wildman–Crippen LogP) is 2.86. The molecular weight excluding hydrogens is 228 g/mol. The number of ketones is 1. The standard InChI is InChI=1S/C11H13BrO/c1-6(2)7-4-5-11(3)9(12)8(7)10(11)13/h4-5,8-9H,1-3H3. The monoisotopic (exact) mass is 240 g/mol. The van der Waals surface area contributed by atoms with Crippen LogP contribution in [0, 0.1) is 11.3 Å². The minimum absolute atomic E-state index is 0.111. The average molecular weight is 241 g/mol. The maximum absolute atomic E-state index is 11.8. The number of allylic oxidation sites excluding steroid dienone is 4. The summed E-state index contributed by atoms with van der Waals surface area (Å²) < 4.78 is 0. The van der Waals surface area contributed by atoms with Crippen LogP contribution in [0.4, 0.5) is 0 Å². The third-order valence-electron chi connectivity index (χ3n) is 3.20. The van der Waals surface area contributed by atoms with Gasteiger partial charge in [0, 0.05) is 4.83 Å².